The highest BCUT2D eigenvalue weighted by Gasteiger charge is 2.17. The maximum atomic E-state index is 12.4. The number of anilines is 1. The molecule has 8 heteroatoms. The predicted molar refractivity (Wildman–Crippen MR) is 111 cm³/mol. The monoisotopic (exact) mass is 387 g/mol. The number of nitrogens with two attached hydrogens (primary N) is 2. The summed E-state index contributed by atoms with van der Waals surface area (Å²) in [5, 5.41) is 4.36. The number of Topliss-reactive ketones (excluding diaryl/α,β-unsaturated/α-hetero) is 1. The minimum Gasteiger partial charge on any atom is -0.382 e. The molecule has 0 fully saturated rings. The Morgan fingerprint density at radius 1 is 1.10 bits per heavy atom. The van der Waals surface area contributed by atoms with E-state index in [0.717, 1.165) is 5.56 Å². The first kappa shape index (κ1) is 18.7. The molecule has 0 saturated heterocycles. The van der Waals surface area contributed by atoms with Gasteiger partial charge < -0.3 is 11.5 Å². The van der Waals surface area contributed by atoms with Gasteiger partial charge in [-0.25, -0.2) is 9.50 Å². The normalized spacial score (nSPS) is 12.2. The number of hydrogen-bond acceptors (Lipinski definition) is 7. The first-order valence-corrected chi connectivity index (χ1v) is 9.34. The van der Waals surface area contributed by atoms with E-state index in [2.05, 4.69) is 20.1 Å². The molecule has 146 valence electrons. The van der Waals surface area contributed by atoms with Crippen LogP contribution in [0, 0.1) is 5.92 Å². The molecule has 0 aromatic carbocycles. The zero-order valence-electron chi connectivity index (χ0n) is 16.0. The Morgan fingerprint density at radius 2 is 1.97 bits per heavy atom. The van der Waals surface area contributed by atoms with E-state index < -0.39 is 0 Å². The van der Waals surface area contributed by atoms with Crippen molar-refractivity contribution in [2.45, 2.75) is 13.3 Å². The summed E-state index contributed by atoms with van der Waals surface area (Å²) in [5.74, 6) is 0.279. The Balaban J connectivity index is 1.66. The molecule has 1 unspecified atom stereocenters. The minimum atomic E-state index is -0.122. The van der Waals surface area contributed by atoms with Crippen molar-refractivity contribution < 1.29 is 4.79 Å². The zero-order valence-corrected chi connectivity index (χ0v) is 16.0. The number of nitrogens with zero attached hydrogens (tertiary/aromatic N) is 5. The summed E-state index contributed by atoms with van der Waals surface area (Å²) in [4.78, 5) is 25.7. The standard InChI is InChI=1S/C21H21N7O/c1-13(7-8-22)19(29)14-5-6-16(25-10-14)15-11-26-21-18(17-4-2-3-9-24-17)20(23)27-28(21)12-15/h2-6,9-13H,7-8,22H2,1H3,(H2,23,27). The van der Waals surface area contributed by atoms with E-state index in [-0.39, 0.29) is 11.7 Å². The van der Waals surface area contributed by atoms with Crippen LogP contribution in [0.3, 0.4) is 0 Å². The molecule has 4 N–H and O–H groups in total. The summed E-state index contributed by atoms with van der Waals surface area (Å²) in [7, 11) is 0. The molecule has 0 aliphatic heterocycles. The largest absolute Gasteiger partial charge is 0.382 e. The van der Waals surface area contributed by atoms with E-state index in [1.54, 1.807) is 35.2 Å². The van der Waals surface area contributed by atoms with Gasteiger partial charge in [-0.2, -0.15) is 0 Å². The molecule has 1 atom stereocenters. The van der Waals surface area contributed by atoms with E-state index in [1.165, 1.54) is 0 Å². The van der Waals surface area contributed by atoms with E-state index in [1.807, 2.05) is 31.3 Å². The average molecular weight is 387 g/mol. The van der Waals surface area contributed by atoms with Crippen LogP contribution < -0.4 is 11.5 Å². The number of ketones is 1. The van der Waals surface area contributed by atoms with Crippen molar-refractivity contribution in [2.75, 3.05) is 12.3 Å². The van der Waals surface area contributed by atoms with Crippen LogP contribution in [-0.4, -0.2) is 36.9 Å². The summed E-state index contributed by atoms with van der Waals surface area (Å²) in [5.41, 5.74) is 15.7. The Morgan fingerprint density at radius 3 is 2.66 bits per heavy atom. The van der Waals surface area contributed by atoms with Crippen LogP contribution in [0.2, 0.25) is 0 Å². The molecule has 0 aliphatic carbocycles. The van der Waals surface area contributed by atoms with Crippen LogP contribution >= 0.6 is 0 Å². The number of fused-ring (bicyclic) bond motifs is 1. The lowest BCUT2D eigenvalue weighted by atomic mass is 9.97. The molecule has 4 heterocycles. The molecule has 0 amide bonds. The molecule has 4 aromatic rings. The number of hydrogen-bond donors (Lipinski definition) is 2. The van der Waals surface area contributed by atoms with E-state index >= 15 is 0 Å². The van der Waals surface area contributed by atoms with Crippen LogP contribution in [0.25, 0.3) is 28.2 Å². The number of aromatic nitrogens is 5. The summed E-state index contributed by atoms with van der Waals surface area (Å²) in [6.07, 6.45) is 7.47. The van der Waals surface area contributed by atoms with Crippen molar-refractivity contribution in [1.82, 2.24) is 24.6 Å². The molecule has 0 aliphatic rings. The number of pyridine rings is 2. The van der Waals surface area contributed by atoms with Gasteiger partial charge in [0.15, 0.2) is 17.2 Å². The fraction of sp³-hybridized carbons (Fsp3) is 0.190. The molecular weight excluding hydrogens is 366 g/mol. The van der Waals surface area contributed by atoms with Gasteiger partial charge in [-0.1, -0.05) is 13.0 Å². The first-order valence-electron chi connectivity index (χ1n) is 9.34. The van der Waals surface area contributed by atoms with Crippen molar-refractivity contribution in [3.8, 4) is 22.5 Å². The lowest BCUT2D eigenvalue weighted by molar-refractivity contribution is 0.0925. The Bertz CT molecular complexity index is 1150. The van der Waals surface area contributed by atoms with Crippen molar-refractivity contribution in [3.63, 3.8) is 0 Å². The van der Waals surface area contributed by atoms with Gasteiger partial charge in [-0.15, -0.1) is 5.10 Å². The molecule has 0 bridgehead atoms. The quantitative estimate of drug-likeness (QED) is 0.487. The van der Waals surface area contributed by atoms with Crippen molar-refractivity contribution in [1.29, 1.82) is 0 Å². The second kappa shape index (κ2) is 7.76. The van der Waals surface area contributed by atoms with E-state index in [9.17, 15) is 4.79 Å². The van der Waals surface area contributed by atoms with Gasteiger partial charge in [0.1, 0.15) is 0 Å². The third-order valence-electron chi connectivity index (χ3n) is 4.81. The van der Waals surface area contributed by atoms with Crippen molar-refractivity contribution >= 4 is 17.2 Å². The topological polar surface area (TPSA) is 125 Å². The maximum Gasteiger partial charge on any atom is 0.167 e. The van der Waals surface area contributed by atoms with Gasteiger partial charge in [0.25, 0.3) is 0 Å². The molecule has 4 rings (SSSR count). The second-order valence-corrected chi connectivity index (χ2v) is 6.86. The predicted octanol–water partition coefficient (Wildman–Crippen LogP) is 2.60. The number of rotatable bonds is 6. The van der Waals surface area contributed by atoms with Crippen LogP contribution in [0.4, 0.5) is 5.82 Å². The number of nitrogen functional groups attached to an aromatic ring is 1. The third-order valence-corrected chi connectivity index (χ3v) is 4.81. The number of carbonyl (C=O) groups excluding carboxylic acids is 1. The SMILES string of the molecule is CC(CCN)C(=O)c1ccc(-c2cnc3c(-c4ccccn4)c(N)nn3c2)nc1. The van der Waals surface area contributed by atoms with Crippen molar-refractivity contribution in [3.05, 3.63) is 60.7 Å². The van der Waals surface area contributed by atoms with Gasteiger partial charge >= 0.3 is 0 Å². The fourth-order valence-corrected chi connectivity index (χ4v) is 3.22. The molecule has 4 aromatic heterocycles. The average Bonchev–Trinajstić information content (AvgIpc) is 3.09. The van der Waals surface area contributed by atoms with Crippen LogP contribution in [0.5, 0.6) is 0 Å². The smallest absolute Gasteiger partial charge is 0.167 e. The summed E-state index contributed by atoms with van der Waals surface area (Å²) in [6, 6.07) is 9.18. The minimum absolute atomic E-state index is 0.0444. The molecule has 8 nitrogen and oxygen atoms in total. The van der Waals surface area contributed by atoms with Gasteiger partial charge in [0.2, 0.25) is 0 Å². The maximum absolute atomic E-state index is 12.4. The molecule has 29 heavy (non-hydrogen) atoms. The number of carbonyl (C=O) groups is 1. The van der Waals surface area contributed by atoms with Crippen LogP contribution in [-0.2, 0) is 0 Å². The van der Waals surface area contributed by atoms with E-state index in [0.29, 0.717) is 46.9 Å². The van der Waals surface area contributed by atoms with Crippen LogP contribution in [0.1, 0.15) is 23.7 Å². The van der Waals surface area contributed by atoms with Gasteiger partial charge in [0, 0.05) is 41.8 Å². The van der Waals surface area contributed by atoms with E-state index in [4.69, 9.17) is 11.5 Å². The van der Waals surface area contributed by atoms with Gasteiger partial charge in [0.05, 0.1) is 17.0 Å². The highest BCUT2D eigenvalue weighted by molar-refractivity contribution is 5.97. The summed E-state index contributed by atoms with van der Waals surface area (Å²) >= 11 is 0. The molecule has 0 spiro atoms. The Hall–Kier alpha value is -3.65. The van der Waals surface area contributed by atoms with Crippen molar-refractivity contribution in [2.24, 2.45) is 11.7 Å². The molecule has 0 saturated carbocycles. The highest BCUT2D eigenvalue weighted by Crippen LogP contribution is 2.28. The zero-order chi connectivity index (χ0) is 20.4. The second-order valence-electron chi connectivity index (χ2n) is 6.86. The fourth-order valence-electron chi connectivity index (χ4n) is 3.22. The first-order chi connectivity index (χ1) is 14.1. The molecule has 0 radical (unpaired) electrons. The lowest BCUT2D eigenvalue weighted by Gasteiger charge is -2.09. The molecular formula is C21H21N7O. The van der Waals surface area contributed by atoms with Gasteiger partial charge in [-0.3, -0.25) is 14.8 Å². The summed E-state index contributed by atoms with van der Waals surface area (Å²) < 4.78 is 1.62. The Labute approximate surface area is 167 Å². The highest BCUT2D eigenvalue weighted by atomic mass is 16.1. The third kappa shape index (κ3) is 3.57. The lowest BCUT2D eigenvalue weighted by Crippen LogP contribution is -2.15. The van der Waals surface area contributed by atoms with Gasteiger partial charge in [-0.05, 0) is 37.2 Å². The summed E-state index contributed by atoms with van der Waals surface area (Å²) in [6.45, 7) is 2.36. The Kier molecular flexibility index (Phi) is 5.01. The van der Waals surface area contributed by atoms with Crippen LogP contribution in [0.15, 0.2) is 55.1 Å².